The summed E-state index contributed by atoms with van der Waals surface area (Å²) in [6, 6.07) is 22.6. The number of hydrogen-bond donors (Lipinski definition) is 0. The molecule has 0 N–H and O–H groups in total. The third-order valence-corrected chi connectivity index (χ3v) is 4.96. The van der Waals surface area contributed by atoms with E-state index >= 15 is 0 Å². The molecule has 0 aliphatic heterocycles. The Bertz CT molecular complexity index is 1090. The topological polar surface area (TPSA) is 75.4 Å². The minimum absolute atomic E-state index is 0.0656. The van der Waals surface area contributed by atoms with E-state index in [1.54, 1.807) is 35.4 Å². The van der Waals surface area contributed by atoms with Crippen LogP contribution < -0.4 is 9.47 Å². The number of nitriles is 1. The van der Waals surface area contributed by atoms with Crippen molar-refractivity contribution in [1.82, 2.24) is 9.88 Å². The third kappa shape index (κ3) is 5.96. The first kappa shape index (κ1) is 22.6. The maximum absolute atomic E-state index is 13.2. The number of ether oxygens (including phenoxy) is 2. The summed E-state index contributed by atoms with van der Waals surface area (Å²) in [5.41, 5.74) is 2.65. The van der Waals surface area contributed by atoms with Crippen LogP contribution in [0.25, 0.3) is 6.08 Å². The van der Waals surface area contributed by atoms with Crippen molar-refractivity contribution >= 4 is 12.0 Å². The van der Waals surface area contributed by atoms with E-state index < -0.39 is 0 Å². The molecular formula is C26H25N3O3. The van der Waals surface area contributed by atoms with E-state index in [1.807, 2.05) is 67.6 Å². The third-order valence-electron chi connectivity index (χ3n) is 4.96. The van der Waals surface area contributed by atoms with Crippen LogP contribution in [0.4, 0.5) is 0 Å². The lowest BCUT2D eigenvalue weighted by atomic mass is 10.1. The lowest BCUT2D eigenvalue weighted by molar-refractivity contribution is -0.128. The summed E-state index contributed by atoms with van der Waals surface area (Å²) in [7, 11) is 1.53. The van der Waals surface area contributed by atoms with Gasteiger partial charge >= 0.3 is 0 Å². The molecule has 1 aromatic heterocycles. The van der Waals surface area contributed by atoms with Crippen LogP contribution in [0.3, 0.4) is 0 Å². The zero-order valence-electron chi connectivity index (χ0n) is 18.1. The number of hydrogen-bond acceptors (Lipinski definition) is 5. The fraction of sp³-hybridized carbons (Fsp3) is 0.192. The lowest BCUT2D eigenvalue weighted by Gasteiger charge is -2.28. The standard InChI is InChI=1S/C26H25N3O3/c1-20(23-10-6-7-16-28-23)29(19-22-8-4-3-5-9-22)26(30)14-12-21-11-13-24(32-17-15-27)25(18-21)31-2/h3-14,16,18,20H,17,19H2,1-2H3/b14-12+. The van der Waals surface area contributed by atoms with Crippen LogP contribution in [-0.4, -0.2) is 29.5 Å². The van der Waals surface area contributed by atoms with Crippen molar-refractivity contribution in [2.45, 2.75) is 19.5 Å². The highest BCUT2D eigenvalue weighted by molar-refractivity contribution is 5.92. The van der Waals surface area contributed by atoms with Gasteiger partial charge in [0.25, 0.3) is 0 Å². The number of benzene rings is 2. The summed E-state index contributed by atoms with van der Waals surface area (Å²) >= 11 is 0. The van der Waals surface area contributed by atoms with E-state index in [4.69, 9.17) is 14.7 Å². The van der Waals surface area contributed by atoms with Crippen molar-refractivity contribution in [1.29, 1.82) is 5.26 Å². The molecule has 0 saturated heterocycles. The zero-order valence-corrected chi connectivity index (χ0v) is 18.1. The molecule has 0 aliphatic rings. The van der Waals surface area contributed by atoms with Gasteiger partial charge in [0.2, 0.25) is 5.91 Å². The molecule has 0 fully saturated rings. The minimum atomic E-state index is -0.204. The number of rotatable bonds is 9. The summed E-state index contributed by atoms with van der Waals surface area (Å²) in [6.45, 7) is 2.37. The first-order valence-corrected chi connectivity index (χ1v) is 10.2. The molecule has 162 valence electrons. The highest BCUT2D eigenvalue weighted by Gasteiger charge is 2.21. The maximum Gasteiger partial charge on any atom is 0.247 e. The monoisotopic (exact) mass is 427 g/mol. The van der Waals surface area contributed by atoms with Gasteiger partial charge in [0, 0.05) is 18.8 Å². The number of pyridine rings is 1. The molecule has 1 atom stereocenters. The van der Waals surface area contributed by atoms with E-state index in [0.29, 0.717) is 18.0 Å². The predicted molar refractivity (Wildman–Crippen MR) is 123 cm³/mol. The van der Waals surface area contributed by atoms with Gasteiger partial charge in [0.15, 0.2) is 18.1 Å². The van der Waals surface area contributed by atoms with E-state index in [0.717, 1.165) is 16.8 Å². The van der Waals surface area contributed by atoms with Gasteiger partial charge in [-0.15, -0.1) is 0 Å². The summed E-state index contributed by atoms with van der Waals surface area (Å²) < 4.78 is 10.7. The van der Waals surface area contributed by atoms with Crippen molar-refractivity contribution < 1.29 is 14.3 Å². The Kier molecular flexibility index (Phi) is 7.99. The van der Waals surface area contributed by atoms with Crippen molar-refractivity contribution in [3.8, 4) is 17.6 Å². The van der Waals surface area contributed by atoms with Crippen LogP contribution in [0.15, 0.2) is 79.0 Å². The molecule has 1 amide bonds. The molecule has 0 bridgehead atoms. The van der Waals surface area contributed by atoms with E-state index in [2.05, 4.69) is 4.98 Å². The van der Waals surface area contributed by atoms with E-state index in [9.17, 15) is 4.79 Å². The van der Waals surface area contributed by atoms with Crippen LogP contribution in [0.2, 0.25) is 0 Å². The maximum atomic E-state index is 13.2. The number of aromatic nitrogens is 1. The number of carbonyl (C=O) groups excluding carboxylic acids is 1. The molecular weight excluding hydrogens is 402 g/mol. The number of methoxy groups -OCH3 is 1. The zero-order chi connectivity index (χ0) is 22.8. The van der Waals surface area contributed by atoms with Gasteiger partial charge in [-0.1, -0.05) is 42.5 Å². The van der Waals surface area contributed by atoms with Gasteiger partial charge in [0.1, 0.15) is 6.07 Å². The molecule has 3 rings (SSSR count). The first-order valence-electron chi connectivity index (χ1n) is 10.2. The van der Waals surface area contributed by atoms with Gasteiger partial charge in [-0.25, -0.2) is 0 Å². The lowest BCUT2D eigenvalue weighted by Crippen LogP contribution is -2.32. The predicted octanol–water partition coefficient (Wildman–Crippen LogP) is 4.80. The highest BCUT2D eigenvalue weighted by atomic mass is 16.5. The van der Waals surface area contributed by atoms with Gasteiger partial charge in [-0.05, 0) is 48.4 Å². The van der Waals surface area contributed by atoms with Crippen molar-refractivity contribution in [2.75, 3.05) is 13.7 Å². The number of nitrogens with zero attached hydrogens (tertiary/aromatic N) is 3. The molecule has 6 nitrogen and oxygen atoms in total. The molecule has 0 aliphatic carbocycles. The van der Waals surface area contributed by atoms with E-state index in [1.165, 1.54) is 7.11 Å². The fourth-order valence-electron chi connectivity index (χ4n) is 3.25. The Morgan fingerprint density at radius 2 is 1.91 bits per heavy atom. The van der Waals surface area contributed by atoms with Gasteiger partial charge in [-0.2, -0.15) is 5.26 Å². The number of amides is 1. The van der Waals surface area contributed by atoms with E-state index in [-0.39, 0.29) is 18.6 Å². The molecule has 0 saturated carbocycles. The normalized spacial score (nSPS) is 11.5. The van der Waals surface area contributed by atoms with Crippen molar-refractivity contribution in [3.63, 3.8) is 0 Å². The van der Waals surface area contributed by atoms with Crippen LogP contribution in [-0.2, 0) is 11.3 Å². The average molecular weight is 428 g/mol. The molecule has 32 heavy (non-hydrogen) atoms. The number of carbonyl (C=O) groups is 1. The second-order valence-electron chi connectivity index (χ2n) is 7.07. The first-order chi connectivity index (χ1) is 15.6. The summed E-state index contributed by atoms with van der Waals surface area (Å²) in [6.07, 6.45) is 5.02. The molecule has 1 unspecified atom stereocenters. The summed E-state index contributed by atoms with van der Waals surface area (Å²) in [5, 5.41) is 8.70. The Morgan fingerprint density at radius 3 is 2.59 bits per heavy atom. The molecule has 0 spiro atoms. The largest absolute Gasteiger partial charge is 0.493 e. The molecule has 3 aromatic rings. The van der Waals surface area contributed by atoms with Crippen molar-refractivity contribution in [3.05, 3.63) is 95.8 Å². The Labute approximate surface area is 188 Å². The van der Waals surface area contributed by atoms with Crippen LogP contribution in [0.5, 0.6) is 11.5 Å². The fourth-order valence-corrected chi connectivity index (χ4v) is 3.25. The molecule has 1 heterocycles. The van der Waals surface area contributed by atoms with Crippen LogP contribution in [0.1, 0.15) is 29.8 Å². The quantitative estimate of drug-likeness (QED) is 0.459. The molecule has 2 aromatic carbocycles. The van der Waals surface area contributed by atoms with Crippen molar-refractivity contribution in [2.24, 2.45) is 0 Å². The van der Waals surface area contributed by atoms with Crippen LogP contribution >= 0.6 is 0 Å². The highest BCUT2D eigenvalue weighted by Crippen LogP contribution is 2.29. The molecule has 6 heteroatoms. The summed E-state index contributed by atoms with van der Waals surface area (Å²) in [4.78, 5) is 19.4. The second kappa shape index (κ2) is 11.3. The Morgan fingerprint density at radius 1 is 1.12 bits per heavy atom. The Hall–Kier alpha value is -4.11. The Balaban J connectivity index is 1.83. The second-order valence-corrected chi connectivity index (χ2v) is 7.07. The van der Waals surface area contributed by atoms with Gasteiger partial charge < -0.3 is 14.4 Å². The average Bonchev–Trinajstić information content (AvgIpc) is 2.85. The molecule has 0 radical (unpaired) electrons. The SMILES string of the molecule is COc1cc(/C=C/C(=O)N(Cc2ccccc2)C(C)c2ccccn2)ccc1OCC#N. The van der Waals surface area contributed by atoms with Crippen LogP contribution in [0, 0.1) is 11.3 Å². The van der Waals surface area contributed by atoms with Gasteiger partial charge in [-0.3, -0.25) is 9.78 Å². The van der Waals surface area contributed by atoms with Gasteiger partial charge in [0.05, 0.1) is 18.8 Å². The minimum Gasteiger partial charge on any atom is -0.493 e. The summed E-state index contributed by atoms with van der Waals surface area (Å²) in [5.74, 6) is 0.848. The smallest absolute Gasteiger partial charge is 0.247 e.